The lowest BCUT2D eigenvalue weighted by molar-refractivity contribution is 0.238. The van der Waals surface area contributed by atoms with Crippen LogP contribution in [0.2, 0.25) is 0 Å². The lowest BCUT2D eigenvalue weighted by atomic mass is 9.60. The Kier molecular flexibility index (Phi) is 6.18. The fraction of sp³-hybridized carbons (Fsp3) is 0.343. The first-order valence-corrected chi connectivity index (χ1v) is 14.6. The summed E-state index contributed by atoms with van der Waals surface area (Å²) in [6, 6.07) is 24.4. The molecule has 41 heavy (non-hydrogen) atoms. The van der Waals surface area contributed by atoms with E-state index in [-0.39, 0.29) is 16.6 Å². The van der Waals surface area contributed by atoms with Gasteiger partial charge >= 0.3 is 0 Å². The van der Waals surface area contributed by atoms with E-state index in [9.17, 15) is 4.39 Å². The molecule has 1 spiro atoms. The molecule has 3 aromatic carbocycles. The van der Waals surface area contributed by atoms with E-state index < -0.39 is 0 Å². The molecule has 0 atom stereocenters. The van der Waals surface area contributed by atoms with Gasteiger partial charge in [0.25, 0.3) is 6.01 Å². The van der Waals surface area contributed by atoms with Crippen LogP contribution in [0.15, 0.2) is 83.5 Å². The van der Waals surface area contributed by atoms with Gasteiger partial charge in [-0.2, -0.15) is 4.98 Å². The minimum Gasteiger partial charge on any atom is -0.488 e. The van der Waals surface area contributed by atoms with E-state index in [1.807, 2.05) is 37.3 Å². The molecular formula is C35H36FN3O2. The number of halogens is 1. The molecule has 5 nitrogen and oxygen atoms in total. The lowest BCUT2D eigenvalue weighted by Crippen LogP contribution is -2.47. The molecule has 1 aliphatic carbocycles. The van der Waals surface area contributed by atoms with Crippen LogP contribution in [0.3, 0.4) is 0 Å². The molecule has 3 heterocycles. The van der Waals surface area contributed by atoms with Crippen LogP contribution in [0.4, 0.5) is 10.4 Å². The van der Waals surface area contributed by atoms with Crippen molar-refractivity contribution in [3.63, 3.8) is 0 Å². The molecule has 5 aromatic rings. The van der Waals surface area contributed by atoms with Crippen molar-refractivity contribution in [3.8, 4) is 11.4 Å². The molecule has 1 saturated heterocycles. The number of anilines is 1. The zero-order valence-electron chi connectivity index (χ0n) is 24.0. The quantitative estimate of drug-likeness (QED) is 0.221. The van der Waals surface area contributed by atoms with Gasteiger partial charge in [-0.15, -0.1) is 0 Å². The van der Waals surface area contributed by atoms with Gasteiger partial charge in [-0.25, -0.2) is 4.39 Å². The molecule has 7 rings (SSSR count). The highest BCUT2D eigenvalue weighted by Crippen LogP contribution is 2.56. The molecule has 1 fully saturated rings. The zero-order chi connectivity index (χ0) is 28.2. The van der Waals surface area contributed by atoms with Crippen LogP contribution in [0, 0.1) is 12.7 Å². The molecule has 0 amide bonds. The van der Waals surface area contributed by atoms with Gasteiger partial charge in [-0.05, 0) is 80.1 Å². The van der Waals surface area contributed by atoms with Crippen molar-refractivity contribution in [3.05, 3.63) is 107 Å². The summed E-state index contributed by atoms with van der Waals surface area (Å²) in [5.74, 6) is 0.683. The Hall–Kier alpha value is -4.06. The van der Waals surface area contributed by atoms with Gasteiger partial charge in [0.15, 0.2) is 0 Å². The Morgan fingerprint density at radius 2 is 1.66 bits per heavy atom. The number of benzene rings is 3. The third kappa shape index (κ3) is 4.41. The number of hydrogen-bond acceptors (Lipinski definition) is 4. The van der Waals surface area contributed by atoms with Gasteiger partial charge < -0.3 is 18.6 Å². The number of aromatic nitrogens is 2. The summed E-state index contributed by atoms with van der Waals surface area (Å²) in [4.78, 5) is 6.89. The summed E-state index contributed by atoms with van der Waals surface area (Å²) in [6.07, 6.45) is 5.94. The number of ether oxygens (including phenoxy) is 1. The zero-order valence-corrected chi connectivity index (χ0v) is 24.0. The van der Waals surface area contributed by atoms with Crippen molar-refractivity contribution in [2.24, 2.45) is 0 Å². The second-order valence-corrected chi connectivity index (χ2v) is 12.4. The largest absolute Gasteiger partial charge is 0.488 e. The third-order valence-corrected chi connectivity index (χ3v) is 9.28. The monoisotopic (exact) mass is 549 g/mol. The maximum atomic E-state index is 14.1. The molecule has 210 valence electrons. The molecule has 2 aromatic heterocycles. The van der Waals surface area contributed by atoms with Crippen LogP contribution in [-0.2, 0) is 17.4 Å². The molecule has 0 bridgehead atoms. The van der Waals surface area contributed by atoms with E-state index in [1.165, 1.54) is 16.6 Å². The van der Waals surface area contributed by atoms with Crippen LogP contribution in [0.25, 0.3) is 16.6 Å². The highest BCUT2D eigenvalue weighted by Gasteiger charge is 2.49. The maximum Gasteiger partial charge on any atom is 0.297 e. The number of hydrogen-bond donors (Lipinski definition) is 0. The van der Waals surface area contributed by atoms with E-state index in [1.54, 1.807) is 18.4 Å². The van der Waals surface area contributed by atoms with Gasteiger partial charge in [-0.3, -0.25) is 0 Å². The Labute approximate surface area is 240 Å². The van der Waals surface area contributed by atoms with Gasteiger partial charge in [0.2, 0.25) is 0 Å². The van der Waals surface area contributed by atoms with Gasteiger partial charge in [0.05, 0.1) is 11.2 Å². The standard InChI is InChI=1S/C35H36FN3O2/c1-24-22-41-33(37-24)38-20-18-35(19-21-38)17-16-34(2,3)32-31(35)30-28(39(32)27-14-12-26(36)13-15-27)10-7-11-29(30)40-23-25-8-5-4-6-9-25/h4-15,22H,16-21,23H2,1-3H3. The smallest absolute Gasteiger partial charge is 0.297 e. The summed E-state index contributed by atoms with van der Waals surface area (Å²) < 4.78 is 28.9. The number of aryl methyl sites for hydroxylation is 1. The van der Waals surface area contributed by atoms with Crippen LogP contribution in [0.5, 0.6) is 5.75 Å². The van der Waals surface area contributed by atoms with Crippen LogP contribution in [0.1, 0.15) is 62.0 Å². The van der Waals surface area contributed by atoms with Crippen molar-refractivity contribution in [2.75, 3.05) is 18.0 Å². The number of oxazole rings is 1. The minimum absolute atomic E-state index is 0.00126. The van der Waals surface area contributed by atoms with Crippen LogP contribution in [-0.4, -0.2) is 22.6 Å². The van der Waals surface area contributed by atoms with Crippen LogP contribution < -0.4 is 9.64 Å². The average Bonchev–Trinajstić information content (AvgIpc) is 3.59. The molecule has 1 aliphatic heterocycles. The average molecular weight is 550 g/mol. The first-order chi connectivity index (χ1) is 19.8. The summed E-state index contributed by atoms with van der Waals surface area (Å²) in [5.41, 5.74) is 6.80. The van der Waals surface area contributed by atoms with E-state index in [4.69, 9.17) is 9.15 Å². The molecule has 2 aliphatic rings. The maximum absolute atomic E-state index is 14.1. The van der Waals surface area contributed by atoms with Crippen molar-refractivity contribution in [2.45, 2.75) is 63.9 Å². The molecule has 0 N–H and O–H groups in total. The molecular weight excluding hydrogens is 513 g/mol. The SMILES string of the molecule is Cc1coc(N2CCC3(CC2)CCC(C)(C)c2c3c3c(OCc4ccccc4)cccc3n2-c2ccc(F)cc2)n1. The van der Waals surface area contributed by atoms with Crippen LogP contribution >= 0.6 is 0 Å². The Bertz CT molecular complexity index is 1690. The fourth-order valence-electron chi connectivity index (χ4n) is 7.09. The summed E-state index contributed by atoms with van der Waals surface area (Å²) in [5, 5.41) is 1.19. The number of fused-ring (bicyclic) bond motifs is 4. The molecule has 6 heteroatoms. The van der Waals surface area contributed by atoms with Crippen molar-refractivity contribution in [1.82, 2.24) is 9.55 Å². The van der Waals surface area contributed by atoms with E-state index in [2.05, 4.69) is 58.6 Å². The Morgan fingerprint density at radius 1 is 0.902 bits per heavy atom. The van der Waals surface area contributed by atoms with E-state index in [0.717, 1.165) is 67.0 Å². The Morgan fingerprint density at radius 3 is 2.37 bits per heavy atom. The highest BCUT2D eigenvalue weighted by molar-refractivity contribution is 5.94. The topological polar surface area (TPSA) is 43.4 Å². The number of piperidine rings is 1. The summed E-state index contributed by atoms with van der Waals surface area (Å²) in [6.45, 7) is 8.95. The Balaban J connectivity index is 1.41. The van der Waals surface area contributed by atoms with Crippen molar-refractivity contribution >= 4 is 16.9 Å². The number of rotatable bonds is 5. The minimum atomic E-state index is -0.226. The van der Waals surface area contributed by atoms with E-state index in [0.29, 0.717) is 12.6 Å². The number of nitrogens with zero attached hydrogens (tertiary/aromatic N) is 3. The summed E-state index contributed by atoms with van der Waals surface area (Å²) in [7, 11) is 0. The first kappa shape index (κ1) is 25.9. The molecule has 0 unspecified atom stereocenters. The van der Waals surface area contributed by atoms with Gasteiger partial charge in [-0.1, -0.05) is 50.2 Å². The van der Waals surface area contributed by atoms with E-state index >= 15 is 0 Å². The van der Waals surface area contributed by atoms with Crippen molar-refractivity contribution < 1.29 is 13.5 Å². The highest BCUT2D eigenvalue weighted by atomic mass is 19.1. The predicted octanol–water partition coefficient (Wildman–Crippen LogP) is 8.25. The molecule has 0 radical (unpaired) electrons. The van der Waals surface area contributed by atoms with Gasteiger partial charge in [0, 0.05) is 40.7 Å². The second-order valence-electron chi connectivity index (χ2n) is 12.4. The predicted molar refractivity (Wildman–Crippen MR) is 161 cm³/mol. The lowest BCUT2D eigenvalue weighted by Gasteiger charge is -2.48. The summed E-state index contributed by atoms with van der Waals surface area (Å²) >= 11 is 0. The third-order valence-electron chi connectivity index (χ3n) is 9.28. The van der Waals surface area contributed by atoms with Gasteiger partial charge in [0.1, 0.15) is 24.4 Å². The normalized spacial score (nSPS) is 17.6. The van der Waals surface area contributed by atoms with Crippen molar-refractivity contribution in [1.29, 1.82) is 0 Å². The second kappa shape index (κ2) is 9.79. The first-order valence-electron chi connectivity index (χ1n) is 14.6. The molecule has 0 saturated carbocycles. The fourth-order valence-corrected chi connectivity index (χ4v) is 7.09.